The minimum atomic E-state index is 0.196. The number of thioether (sulfide) groups is 1. The van der Waals surface area contributed by atoms with Gasteiger partial charge in [0.2, 0.25) is 0 Å². The lowest BCUT2D eigenvalue weighted by molar-refractivity contribution is 0.499. The molecule has 4 heteroatoms. The average molecular weight is 151 g/mol. The van der Waals surface area contributed by atoms with Crippen LogP contribution in [0.15, 0.2) is 0 Å². The molecule has 0 spiro atoms. The molecule has 0 radical (unpaired) electrons. The molecule has 2 nitrogen and oxygen atoms in total. The van der Waals surface area contributed by atoms with Crippen molar-refractivity contribution in [2.75, 3.05) is 24.6 Å². The van der Waals surface area contributed by atoms with Gasteiger partial charge in [-0.1, -0.05) is 0 Å². The van der Waals surface area contributed by atoms with E-state index >= 15 is 0 Å². The lowest BCUT2D eigenvalue weighted by atomic mass is 10.6. The van der Waals surface area contributed by atoms with E-state index in [2.05, 4.69) is 0 Å². The quantitative estimate of drug-likeness (QED) is 0.528. The Morgan fingerprint density at radius 3 is 2.38 bits per heavy atom. The number of thiol groups is 1. The monoisotopic (exact) mass is 151 g/mol. The Kier molecular flexibility index (Phi) is 2.86. The Hall–Kier alpha value is 0.460. The molecule has 48 valence electrons. The second kappa shape index (κ2) is 3.48. The van der Waals surface area contributed by atoms with E-state index in [-0.39, 0.29) is 11.9 Å². The minimum absolute atomic E-state index is 0.196. The van der Waals surface area contributed by atoms with Crippen LogP contribution in [0.3, 0.4) is 0 Å². The van der Waals surface area contributed by atoms with Gasteiger partial charge < -0.3 is 0 Å². The van der Waals surface area contributed by atoms with Crippen molar-refractivity contribution in [2.45, 2.75) is 0 Å². The van der Waals surface area contributed by atoms with Gasteiger partial charge in [-0.25, -0.2) is 8.51 Å². The van der Waals surface area contributed by atoms with E-state index in [4.69, 9.17) is 0 Å². The molecule has 0 bridgehead atoms. The Labute approximate surface area is 57.3 Å². The summed E-state index contributed by atoms with van der Waals surface area (Å²) in [4.78, 5) is 0. The third kappa shape index (κ3) is 1.76. The Morgan fingerprint density at radius 2 is 2.00 bits per heavy atom. The fourth-order valence-electron chi connectivity index (χ4n) is 0.635. The van der Waals surface area contributed by atoms with Gasteiger partial charge in [-0.2, -0.15) is 11.8 Å². The maximum Gasteiger partial charge on any atom is 0.0808 e. The summed E-state index contributed by atoms with van der Waals surface area (Å²) in [6.45, 7) is 1.96. The van der Waals surface area contributed by atoms with E-state index in [1.54, 1.807) is 0 Å². The molecule has 8 heavy (non-hydrogen) atoms. The lowest BCUT2D eigenvalue weighted by Gasteiger charge is -2.18. The zero-order valence-electron chi connectivity index (χ0n) is 4.54. The predicted octanol–water partition coefficient (Wildman–Crippen LogP) is -0.105. The molecule has 0 saturated carbocycles. The molecule has 1 aliphatic heterocycles. The maximum absolute atomic E-state index is 10.2. The van der Waals surface area contributed by atoms with Crippen LogP contribution in [0.5, 0.6) is 0 Å². The molecule has 0 aromatic carbocycles. The second-order valence-corrected chi connectivity index (χ2v) is 3.60. The first kappa shape index (κ1) is 6.58. The van der Waals surface area contributed by atoms with Crippen molar-refractivity contribution in [3.63, 3.8) is 0 Å². The predicted molar refractivity (Wildman–Crippen MR) is 38.4 cm³/mol. The van der Waals surface area contributed by atoms with Gasteiger partial charge in [0.05, 0.1) is 11.9 Å². The molecule has 1 heterocycles. The summed E-state index contributed by atoms with van der Waals surface area (Å²) in [5.41, 5.74) is 0. The molecular formula is C4H9NOS2. The van der Waals surface area contributed by atoms with Crippen LogP contribution in [0.4, 0.5) is 0 Å². The van der Waals surface area contributed by atoms with Crippen LogP contribution >= 0.6 is 11.8 Å². The van der Waals surface area contributed by atoms with Gasteiger partial charge in [0.25, 0.3) is 0 Å². The number of nitrogens with zero attached hydrogens (tertiary/aromatic N) is 1. The zero-order valence-corrected chi connectivity index (χ0v) is 6.25. The van der Waals surface area contributed by atoms with Crippen LogP contribution in [0.2, 0.25) is 0 Å². The summed E-state index contributed by atoms with van der Waals surface area (Å²) >= 11 is 2.13. The van der Waals surface area contributed by atoms with E-state index in [9.17, 15) is 4.21 Å². The van der Waals surface area contributed by atoms with Crippen molar-refractivity contribution in [1.82, 2.24) is 4.31 Å². The van der Waals surface area contributed by atoms with Crippen molar-refractivity contribution in [3.8, 4) is 0 Å². The first-order valence-corrected chi connectivity index (χ1v) is 4.51. The van der Waals surface area contributed by atoms with E-state index in [1.165, 1.54) is 0 Å². The van der Waals surface area contributed by atoms with Gasteiger partial charge in [-0.3, -0.25) is 0 Å². The molecule has 0 aliphatic carbocycles. The number of hydrogen-bond donors (Lipinski definition) is 1. The van der Waals surface area contributed by atoms with Gasteiger partial charge in [-0.05, 0) is 0 Å². The largest absolute Gasteiger partial charge is 0.246 e. The second-order valence-electron chi connectivity index (χ2n) is 1.65. The molecule has 0 aromatic rings. The molecule has 0 unspecified atom stereocenters. The van der Waals surface area contributed by atoms with Gasteiger partial charge in [0.1, 0.15) is 0 Å². The Bertz CT molecular complexity index is 82.1. The van der Waals surface area contributed by atoms with Crippen molar-refractivity contribution in [2.24, 2.45) is 0 Å². The molecule has 0 N–H and O–H groups in total. The highest BCUT2D eigenvalue weighted by atomic mass is 32.2. The van der Waals surface area contributed by atoms with Crippen molar-refractivity contribution >= 4 is 23.6 Å². The first-order valence-electron chi connectivity index (χ1n) is 2.59. The molecular weight excluding hydrogens is 142 g/mol. The van der Waals surface area contributed by atoms with Crippen LogP contribution < -0.4 is 0 Å². The third-order valence-corrected chi connectivity index (χ3v) is 2.68. The summed E-state index contributed by atoms with van der Waals surface area (Å²) < 4.78 is 12.1. The molecule has 1 rings (SSSR count). The lowest BCUT2D eigenvalue weighted by Crippen LogP contribution is -2.28. The summed E-state index contributed by atoms with van der Waals surface area (Å²) in [5, 5.41) is 0. The standard InChI is InChI=1S/C4H9NOS2/c6-8-5-1-3-7-4-2-5/h8H,1-4H2. The molecule has 0 atom stereocenters. The first-order chi connectivity index (χ1) is 3.93. The van der Waals surface area contributed by atoms with Crippen LogP contribution in [0, 0.1) is 0 Å². The van der Waals surface area contributed by atoms with E-state index in [1.807, 2.05) is 16.1 Å². The van der Waals surface area contributed by atoms with Gasteiger partial charge in [-0.15, -0.1) is 0 Å². The minimum Gasteiger partial charge on any atom is -0.246 e. The van der Waals surface area contributed by atoms with Crippen molar-refractivity contribution in [3.05, 3.63) is 0 Å². The van der Waals surface area contributed by atoms with E-state index in [0.717, 1.165) is 24.6 Å². The van der Waals surface area contributed by atoms with Crippen LogP contribution in [-0.2, 0) is 11.9 Å². The summed E-state index contributed by atoms with van der Waals surface area (Å²) in [7, 11) is 0. The van der Waals surface area contributed by atoms with Crippen LogP contribution in [0.25, 0.3) is 0 Å². The molecule has 0 aromatic heterocycles. The maximum atomic E-state index is 10.2. The molecule has 0 amide bonds. The normalized spacial score (nSPS) is 23.5. The highest BCUT2D eigenvalue weighted by molar-refractivity contribution is 7.99. The van der Waals surface area contributed by atoms with Gasteiger partial charge in [0.15, 0.2) is 0 Å². The highest BCUT2D eigenvalue weighted by Gasteiger charge is 2.06. The topological polar surface area (TPSA) is 20.3 Å². The van der Waals surface area contributed by atoms with E-state index in [0.29, 0.717) is 0 Å². The van der Waals surface area contributed by atoms with Gasteiger partial charge >= 0.3 is 0 Å². The fourth-order valence-corrected chi connectivity index (χ4v) is 2.17. The summed E-state index contributed by atoms with van der Waals surface area (Å²) in [5.74, 6) is 2.27. The van der Waals surface area contributed by atoms with E-state index < -0.39 is 0 Å². The molecule has 1 fully saturated rings. The molecule has 1 saturated heterocycles. The molecule has 1 aliphatic rings. The Morgan fingerprint density at radius 1 is 1.38 bits per heavy atom. The number of hydrogen-bond acceptors (Lipinski definition) is 2. The number of rotatable bonds is 1. The van der Waals surface area contributed by atoms with Gasteiger partial charge in [0, 0.05) is 24.6 Å². The van der Waals surface area contributed by atoms with Crippen LogP contribution in [0.1, 0.15) is 0 Å². The average Bonchev–Trinajstić information content (AvgIpc) is 1.90. The van der Waals surface area contributed by atoms with Crippen molar-refractivity contribution in [1.29, 1.82) is 0 Å². The third-order valence-electron chi connectivity index (χ3n) is 1.10. The SMILES string of the molecule is O=[SH]N1CCSCC1. The summed E-state index contributed by atoms with van der Waals surface area (Å²) in [6, 6.07) is 0. The smallest absolute Gasteiger partial charge is 0.0808 e. The Balaban J connectivity index is 2.22. The summed E-state index contributed by atoms with van der Waals surface area (Å²) in [6.07, 6.45) is 0. The zero-order chi connectivity index (χ0) is 5.82. The van der Waals surface area contributed by atoms with Crippen LogP contribution in [-0.4, -0.2) is 33.1 Å². The van der Waals surface area contributed by atoms with Crippen molar-refractivity contribution < 1.29 is 4.21 Å². The fraction of sp³-hybridized carbons (Fsp3) is 1.00. The highest BCUT2D eigenvalue weighted by Crippen LogP contribution is 2.06.